The van der Waals surface area contributed by atoms with Gasteiger partial charge in [0.05, 0.1) is 0 Å². The first-order chi connectivity index (χ1) is 4.22. The lowest BCUT2D eigenvalue weighted by Crippen LogP contribution is -2.04. The van der Waals surface area contributed by atoms with E-state index in [9.17, 15) is 9.59 Å². The van der Waals surface area contributed by atoms with Crippen molar-refractivity contribution in [1.82, 2.24) is 0 Å². The molecule has 0 amide bonds. The van der Waals surface area contributed by atoms with Crippen molar-refractivity contribution < 1.29 is 14.3 Å². The molecule has 0 spiro atoms. The van der Waals surface area contributed by atoms with Gasteiger partial charge in [-0.25, -0.2) is 4.79 Å². The van der Waals surface area contributed by atoms with E-state index in [0.29, 0.717) is 12.0 Å². The number of hydrogen-bond donors (Lipinski definition) is 0. The van der Waals surface area contributed by atoms with Crippen molar-refractivity contribution >= 4 is 12.4 Å². The smallest absolute Gasteiger partial charge is 0.340 e. The van der Waals surface area contributed by atoms with Crippen molar-refractivity contribution in [3.63, 3.8) is 0 Å². The fraction of sp³-hybridized carbons (Fsp3) is 0.333. The van der Waals surface area contributed by atoms with Gasteiger partial charge in [-0.2, -0.15) is 0 Å². The molecule has 0 rings (SSSR count). The van der Waals surface area contributed by atoms with Gasteiger partial charge in [0.15, 0.2) is 0 Å². The Kier molecular flexibility index (Phi) is 3.35. The topological polar surface area (TPSA) is 43.4 Å². The van der Waals surface area contributed by atoms with E-state index in [0.717, 1.165) is 0 Å². The van der Waals surface area contributed by atoms with Crippen molar-refractivity contribution in [2.45, 2.75) is 13.3 Å². The monoisotopic (exact) mass is 128 g/mol. The second-order valence-electron chi connectivity index (χ2n) is 1.46. The highest BCUT2D eigenvalue weighted by Gasteiger charge is 2.03. The van der Waals surface area contributed by atoms with E-state index in [4.69, 9.17) is 0 Å². The highest BCUT2D eigenvalue weighted by Crippen LogP contribution is 1.97. The summed E-state index contributed by atoms with van der Waals surface area (Å²) < 4.78 is 3.98. The molecule has 0 atom stereocenters. The summed E-state index contributed by atoms with van der Waals surface area (Å²) in [6, 6.07) is 0. The number of carbonyl (C=O) groups excluding carboxylic acids is 2. The van der Waals surface area contributed by atoms with E-state index in [1.807, 2.05) is 0 Å². The molecule has 0 aromatic heterocycles. The first-order valence-electron chi connectivity index (χ1n) is 2.54. The summed E-state index contributed by atoms with van der Waals surface area (Å²) in [5, 5.41) is 0. The predicted molar refractivity (Wildman–Crippen MR) is 31.6 cm³/mol. The molecular formula is C6H8O3. The van der Waals surface area contributed by atoms with Crippen LogP contribution in [-0.2, 0) is 14.3 Å². The van der Waals surface area contributed by atoms with Crippen LogP contribution in [0.15, 0.2) is 12.2 Å². The van der Waals surface area contributed by atoms with Crippen molar-refractivity contribution in [3.8, 4) is 0 Å². The van der Waals surface area contributed by atoms with Gasteiger partial charge >= 0.3 is 12.4 Å². The van der Waals surface area contributed by atoms with Crippen molar-refractivity contribution in [2.75, 3.05) is 0 Å². The Morgan fingerprint density at radius 3 is 2.67 bits per heavy atom. The maximum Gasteiger partial charge on any atom is 0.340 e. The first kappa shape index (κ1) is 7.88. The molecule has 0 fully saturated rings. The molecule has 0 saturated carbocycles. The highest BCUT2D eigenvalue weighted by atomic mass is 16.6. The molecule has 0 bridgehead atoms. The summed E-state index contributed by atoms with van der Waals surface area (Å²) in [6.45, 7) is 5.22. The van der Waals surface area contributed by atoms with E-state index < -0.39 is 5.97 Å². The summed E-state index contributed by atoms with van der Waals surface area (Å²) in [7, 11) is 0. The lowest BCUT2D eigenvalue weighted by Gasteiger charge is -1.94. The normalized spacial score (nSPS) is 8.11. The van der Waals surface area contributed by atoms with E-state index in [2.05, 4.69) is 11.3 Å². The third kappa shape index (κ3) is 2.64. The lowest BCUT2D eigenvalue weighted by atomic mass is 10.2. The van der Waals surface area contributed by atoms with Crippen LogP contribution in [-0.4, -0.2) is 12.4 Å². The zero-order valence-corrected chi connectivity index (χ0v) is 5.22. The molecule has 0 aliphatic carbocycles. The number of carbonyl (C=O) groups is 2. The summed E-state index contributed by atoms with van der Waals surface area (Å²) in [5.41, 5.74) is 0.308. The largest absolute Gasteiger partial charge is 0.392 e. The summed E-state index contributed by atoms with van der Waals surface area (Å²) >= 11 is 0. The van der Waals surface area contributed by atoms with Crippen LogP contribution in [0.2, 0.25) is 0 Å². The van der Waals surface area contributed by atoms with Crippen LogP contribution in [0, 0.1) is 0 Å². The van der Waals surface area contributed by atoms with Gasteiger partial charge in [-0.1, -0.05) is 13.5 Å². The van der Waals surface area contributed by atoms with Gasteiger partial charge in [-0.15, -0.1) is 0 Å². The quantitative estimate of drug-likeness (QED) is 0.242. The van der Waals surface area contributed by atoms with E-state index >= 15 is 0 Å². The fourth-order valence-corrected chi connectivity index (χ4v) is 0.271. The number of hydrogen-bond acceptors (Lipinski definition) is 3. The second-order valence-corrected chi connectivity index (χ2v) is 1.46. The predicted octanol–water partition coefficient (Wildman–Crippen LogP) is 0.652. The number of esters is 1. The Morgan fingerprint density at radius 2 is 2.33 bits per heavy atom. The molecular weight excluding hydrogens is 120 g/mol. The Morgan fingerprint density at radius 1 is 1.78 bits per heavy atom. The van der Waals surface area contributed by atoms with Gasteiger partial charge in [0, 0.05) is 5.57 Å². The standard InChI is InChI=1S/C6H8O3/c1-3-5(2)6(8)9-4-7/h4H,2-3H2,1H3. The minimum atomic E-state index is -0.646. The Bertz CT molecular complexity index is 137. The molecule has 9 heavy (non-hydrogen) atoms. The average molecular weight is 128 g/mol. The van der Waals surface area contributed by atoms with Crippen LogP contribution < -0.4 is 0 Å². The van der Waals surface area contributed by atoms with Crippen LogP contribution in [0.4, 0.5) is 0 Å². The van der Waals surface area contributed by atoms with Gasteiger partial charge in [-0.05, 0) is 6.42 Å². The van der Waals surface area contributed by atoms with Crippen molar-refractivity contribution in [1.29, 1.82) is 0 Å². The van der Waals surface area contributed by atoms with E-state index in [-0.39, 0.29) is 6.47 Å². The van der Waals surface area contributed by atoms with Crippen LogP contribution in [0.1, 0.15) is 13.3 Å². The molecule has 0 unspecified atom stereocenters. The fourth-order valence-electron chi connectivity index (χ4n) is 0.271. The van der Waals surface area contributed by atoms with Crippen LogP contribution >= 0.6 is 0 Å². The third-order valence-corrected chi connectivity index (χ3v) is 0.871. The maximum absolute atomic E-state index is 10.4. The highest BCUT2D eigenvalue weighted by molar-refractivity contribution is 5.91. The molecule has 50 valence electrons. The molecule has 0 radical (unpaired) electrons. The molecule has 3 heteroatoms. The van der Waals surface area contributed by atoms with E-state index in [1.165, 1.54) is 0 Å². The summed E-state index contributed by atoms with van der Waals surface area (Å²) in [5.74, 6) is -0.646. The van der Waals surface area contributed by atoms with Crippen LogP contribution in [0.3, 0.4) is 0 Å². The van der Waals surface area contributed by atoms with Gasteiger partial charge in [0.25, 0.3) is 0 Å². The molecule has 0 saturated heterocycles. The third-order valence-electron chi connectivity index (χ3n) is 0.871. The Hall–Kier alpha value is -1.12. The molecule has 3 nitrogen and oxygen atoms in total. The lowest BCUT2D eigenvalue weighted by molar-refractivity contribution is -0.148. The molecule has 0 aromatic carbocycles. The zero-order chi connectivity index (χ0) is 7.28. The number of ether oxygens (including phenoxy) is 1. The van der Waals surface area contributed by atoms with Crippen molar-refractivity contribution in [2.24, 2.45) is 0 Å². The first-order valence-corrected chi connectivity index (χ1v) is 2.54. The summed E-state index contributed by atoms with van der Waals surface area (Å²) in [4.78, 5) is 20.0. The summed E-state index contributed by atoms with van der Waals surface area (Å²) in [6.07, 6.45) is 0.507. The van der Waals surface area contributed by atoms with Gasteiger partial charge in [-0.3, -0.25) is 4.79 Å². The minimum absolute atomic E-state index is 0.100. The molecule has 0 aliphatic heterocycles. The maximum atomic E-state index is 10.4. The minimum Gasteiger partial charge on any atom is -0.392 e. The molecule has 0 heterocycles. The zero-order valence-electron chi connectivity index (χ0n) is 5.22. The molecule has 0 aliphatic rings. The van der Waals surface area contributed by atoms with Crippen LogP contribution in [0.25, 0.3) is 0 Å². The second kappa shape index (κ2) is 3.83. The molecule has 0 aromatic rings. The van der Waals surface area contributed by atoms with E-state index in [1.54, 1.807) is 6.92 Å². The average Bonchev–Trinajstić information content (AvgIpc) is 1.87. The van der Waals surface area contributed by atoms with Crippen molar-refractivity contribution in [3.05, 3.63) is 12.2 Å². The Balaban J connectivity index is 3.73. The molecule has 0 N–H and O–H groups in total. The van der Waals surface area contributed by atoms with Gasteiger partial charge < -0.3 is 4.74 Å². The van der Waals surface area contributed by atoms with Crippen LogP contribution in [0.5, 0.6) is 0 Å². The van der Waals surface area contributed by atoms with Gasteiger partial charge in [0.1, 0.15) is 0 Å². The Labute approximate surface area is 53.3 Å². The number of rotatable bonds is 3. The van der Waals surface area contributed by atoms with Gasteiger partial charge in [0.2, 0.25) is 0 Å². The SMILES string of the molecule is C=C(CC)C(=O)OC=O.